The van der Waals surface area contributed by atoms with E-state index >= 15 is 0 Å². The number of ether oxygens (including phenoxy) is 1. The van der Waals surface area contributed by atoms with Gasteiger partial charge in [-0.05, 0) is 29.3 Å². The number of para-hydroxylation sites is 1. The van der Waals surface area contributed by atoms with Crippen LogP contribution < -0.4 is 0 Å². The molecule has 2 aromatic carbocycles. The topological polar surface area (TPSA) is 65.9 Å². The first-order valence-electron chi connectivity index (χ1n) is 6.90. The van der Waals surface area contributed by atoms with Gasteiger partial charge in [0.05, 0.1) is 30.9 Å². The van der Waals surface area contributed by atoms with Gasteiger partial charge in [0.1, 0.15) is 0 Å². The maximum atomic E-state index is 11.7. The molecule has 0 bridgehead atoms. The predicted octanol–water partition coefficient (Wildman–Crippen LogP) is 3.42. The molecule has 1 aromatic heterocycles. The number of carbonyl (C=O) groups is 1. The van der Waals surface area contributed by atoms with Crippen LogP contribution in [0.5, 0.6) is 0 Å². The molecule has 0 saturated carbocycles. The van der Waals surface area contributed by atoms with Crippen molar-refractivity contribution in [1.29, 1.82) is 5.26 Å². The van der Waals surface area contributed by atoms with E-state index in [2.05, 4.69) is 11.1 Å². The summed E-state index contributed by atoms with van der Waals surface area (Å²) >= 11 is 0. The molecule has 108 valence electrons. The predicted molar refractivity (Wildman–Crippen MR) is 84.2 cm³/mol. The molecular formula is C18H14N2O2. The second kappa shape index (κ2) is 5.74. The molecule has 0 spiro atoms. The lowest BCUT2D eigenvalue weighted by atomic mass is 10.0. The highest BCUT2D eigenvalue weighted by Crippen LogP contribution is 2.31. The zero-order valence-corrected chi connectivity index (χ0v) is 12.1. The molecule has 4 nitrogen and oxygen atoms in total. The van der Waals surface area contributed by atoms with Gasteiger partial charge in [-0.2, -0.15) is 5.26 Å². The van der Waals surface area contributed by atoms with E-state index in [0.29, 0.717) is 5.56 Å². The van der Waals surface area contributed by atoms with Gasteiger partial charge >= 0.3 is 5.97 Å². The first-order chi connectivity index (χ1) is 10.7. The molecule has 0 atom stereocenters. The fraction of sp³-hybridized carbons (Fsp3) is 0.111. The molecule has 22 heavy (non-hydrogen) atoms. The van der Waals surface area contributed by atoms with Crippen LogP contribution in [0.4, 0.5) is 0 Å². The third-order valence-electron chi connectivity index (χ3n) is 3.67. The van der Waals surface area contributed by atoms with Crippen LogP contribution in [0.2, 0.25) is 0 Å². The molecular weight excluding hydrogens is 276 g/mol. The van der Waals surface area contributed by atoms with Gasteiger partial charge in [-0.1, -0.05) is 30.3 Å². The SMILES string of the molecule is COC(=O)Cc1c(-c2ccc(C#N)cc2)[nH]c2ccccc12. The number of esters is 1. The largest absolute Gasteiger partial charge is 0.469 e. The standard InChI is InChI=1S/C18H14N2O2/c1-22-17(21)10-15-14-4-2-3-5-16(14)20-18(15)13-8-6-12(11-19)7-9-13/h2-9,20H,10H2,1H3. The van der Waals surface area contributed by atoms with Crippen LogP contribution in [0.3, 0.4) is 0 Å². The van der Waals surface area contributed by atoms with E-state index in [1.54, 1.807) is 12.1 Å². The van der Waals surface area contributed by atoms with E-state index in [4.69, 9.17) is 10.00 Å². The average Bonchev–Trinajstić information content (AvgIpc) is 2.93. The minimum Gasteiger partial charge on any atom is -0.469 e. The Bertz CT molecular complexity index is 870. The second-order valence-corrected chi connectivity index (χ2v) is 4.97. The number of benzene rings is 2. The summed E-state index contributed by atoms with van der Waals surface area (Å²) in [7, 11) is 1.39. The number of nitrogens with one attached hydrogen (secondary N) is 1. The van der Waals surface area contributed by atoms with Gasteiger partial charge in [-0.3, -0.25) is 4.79 Å². The Morgan fingerprint density at radius 3 is 2.59 bits per heavy atom. The number of nitrogens with zero attached hydrogens (tertiary/aromatic N) is 1. The summed E-state index contributed by atoms with van der Waals surface area (Å²) < 4.78 is 4.80. The highest BCUT2D eigenvalue weighted by atomic mass is 16.5. The van der Waals surface area contributed by atoms with Crippen molar-refractivity contribution < 1.29 is 9.53 Å². The van der Waals surface area contributed by atoms with Gasteiger partial charge in [0.25, 0.3) is 0 Å². The van der Waals surface area contributed by atoms with E-state index in [-0.39, 0.29) is 12.4 Å². The third-order valence-corrected chi connectivity index (χ3v) is 3.67. The Morgan fingerprint density at radius 1 is 1.18 bits per heavy atom. The Balaban J connectivity index is 2.16. The molecule has 4 heteroatoms. The van der Waals surface area contributed by atoms with Gasteiger partial charge in [-0.25, -0.2) is 0 Å². The molecule has 3 aromatic rings. The Hall–Kier alpha value is -3.06. The number of hydrogen-bond donors (Lipinski definition) is 1. The van der Waals surface area contributed by atoms with Crippen molar-refractivity contribution in [3.8, 4) is 17.3 Å². The molecule has 0 unspecified atom stereocenters. The average molecular weight is 290 g/mol. The van der Waals surface area contributed by atoms with Crippen molar-refractivity contribution in [3.05, 3.63) is 59.7 Å². The number of methoxy groups -OCH3 is 1. The van der Waals surface area contributed by atoms with Gasteiger partial charge in [-0.15, -0.1) is 0 Å². The van der Waals surface area contributed by atoms with Crippen LogP contribution in [-0.4, -0.2) is 18.1 Å². The van der Waals surface area contributed by atoms with Crippen LogP contribution in [-0.2, 0) is 16.0 Å². The zero-order chi connectivity index (χ0) is 15.5. The van der Waals surface area contributed by atoms with Gasteiger partial charge in [0, 0.05) is 10.9 Å². The lowest BCUT2D eigenvalue weighted by molar-refractivity contribution is -0.139. The van der Waals surface area contributed by atoms with Gasteiger partial charge < -0.3 is 9.72 Å². The lowest BCUT2D eigenvalue weighted by Gasteiger charge is -2.04. The van der Waals surface area contributed by atoms with Crippen molar-refractivity contribution in [3.63, 3.8) is 0 Å². The summed E-state index contributed by atoms with van der Waals surface area (Å²) in [6.45, 7) is 0. The fourth-order valence-corrected chi connectivity index (χ4v) is 2.56. The number of nitriles is 1. The molecule has 0 amide bonds. The molecule has 0 radical (unpaired) electrons. The summed E-state index contributed by atoms with van der Waals surface area (Å²) in [6, 6.07) is 17.2. The lowest BCUT2D eigenvalue weighted by Crippen LogP contribution is -2.05. The molecule has 3 rings (SSSR count). The van der Waals surface area contributed by atoms with Crippen molar-refractivity contribution >= 4 is 16.9 Å². The molecule has 1 heterocycles. The van der Waals surface area contributed by atoms with E-state index in [1.807, 2.05) is 36.4 Å². The monoisotopic (exact) mass is 290 g/mol. The zero-order valence-electron chi connectivity index (χ0n) is 12.1. The fourth-order valence-electron chi connectivity index (χ4n) is 2.56. The van der Waals surface area contributed by atoms with Crippen molar-refractivity contribution in [2.45, 2.75) is 6.42 Å². The number of H-pyrrole nitrogens is 1. The second-order valence-electron chi connectivity index (χ2n) is 4.97. The molecule has 0 saturated heterocycles. The summed E-state index contributed by atoms with van der Waals surface area (Å²) in [5, 5.41) is 9.91. The van der Waals surface area contributed by atoms with E-state index < -0.39 is 0 Å². The number of aromatic amines is 1. The minimum absolute atomic E-state index is 0.204. The van der Waals surface area contributed by atoms with Crippen LogP contribution in [0.25, 0.3) is 22.2 Å². The highest BCUT2D eigenvalue weighted by Gasteiger charge is 2.16. The quantitative estimate of drug-likeness (QED) is 0.752. The number of aromatic nitrogens is 1. The van der Waals surface area contributed by atoms with Crippen LogP contribution in [0.15, 0.2) is 48.5 Å². The Kier molecular flexibility index (Phi) is 3.63. The molecule has 0 aliphatic carbocycles. The van der Waals surface area contributed by atoms with Crippen molar-refractivity contribution in [2.75, 3.05) is 7.11 Å². The van der Waals surface area contributed by atoms with Crippen LogP contribution in [0, 0.1) is 11.3 Å². The molecule has 0 fully saturated rings. The highest BCUT2D eigenvalue weighted by molar-refractivity contribution is 5.94. The summed E-state index contributed by atoms with van der Waals surface area (Å²) in [5.41, 5.74) is 4.31. The maximum Gasteiger partial charge on any atom is 0.310 e. The van der Waals surface area contributed by atoms with Crippen molar-refractivity contribution in [1.82, 2.24) is 4.98 Å². The number of rotatable bonds is 3. The van der Waals surface area contributed by atoms with Crippen LogP contribution >= 0.6 is 0 Å². The number of fused-ring (bicyclic) bond motifs is 1. The summed E-state index contributed by atoms with van der Waals surface area (Å²) in [6.07, 6.45) is 0.204. The Labute approximate surface area is 128 Å². The molecule has 0 aliphatic rings. The molecule has 0 aliphatic heterocycles. The molecule has 1 N–H and O–H groups in total. The van der Waals surface area contributed by atoms with E-state index in [1.165, 1.54) is 7.11 Å². The van der Waals surface area contributed by atoms with Gasteiger partial charge in [0.2, 0.25) is 0 Å². The first-order valence-corrected chi connectivity index (χ1v) is 6.90. The van der Waals surface area contributed by atoms with E-state index in [0.717, 1.165) is 27.7 Å². The van der Waals surface area contributed by atoms with Crippen molar-refractivity contribution in [2.24, 2.45) is 0 Å². The summed E-state index contributed by atoms with van der Waals surface area (Å²) in [5.74, 6) is -0.278. The first kappa shape index (κ1) is 13.9. The van der Waals surface area contributed by atoms with Crippen LogP contribution in [0.1, 0.15) is 11.1 Å². The number of hydrogen-bond acceptors (Lipinski definition) is 3. The smallest absolute Gasteiger partial charge is 0.310 e. The number of carbonyl (C=O) groups excluding carboxylic acids is 1. The normalized spacial score (nSPS) is 10.4. The maximum absolute atomic E-state index is 11.7. The van der Waals surface area contributed by atoms with Gasteiger partial charge in [0.15, 0.2) is 0 Å². The minimum atomic E-state index is -0.278. The Morgan fingerprint density at radius 2 is 1.91 bits per heavy atom. The third kappa shape index (κ3) is 2.45. The van der Waals surface area contributed by atoms with E-state index in [9.17, 15) is 4.79 Å². The summed E-state index contributed by atoms with van der Waals surface area (Å²) in [4.78, 5) is 15.1.